The zero-order valence-corrected chi connectivity index (χ0v) is 10.7. The smallest absolute Gasteiger partial charge is 0.261 e. The van der Waals surface area contributed by atoms with E-state index >= 15 is 0 Å². The van der Waals surface area contributed by atoms with Crippen LogP contribution in [0.3, 0.4) is 0 Å². The fourth-order valence-corrected chi connectivity index (χ4v) is 2.53. The van der Waals surface area contributed by atoms with Gasteiger partial charge in [-0.3, -0.25) is 4.72 Å². The first-order chi connectivity index (χ1) is 8.47. The SMILES string of the molecule is Cc1ccc(S(=O)(=O)Nc2ccc([NH])cc2)cc1. The minimum Gasteiger partial charge on any atom is -0.301 e. The molecule has 0 aromatic heterocycles. The van der Waals surface area contributed by atoms with E-state index in [1.165, 1.54) is 12.1 Å². The van der Waals surface area contributed by atoms with Crippen molar-refractivity contribution in [1.82, 2.24) is 5.73 Å². The number of hydrogen-bond acceptors (Lipinski definition) is 2. The predicted octanol–water partition coefficient (Wildman–Crippen LogP) is 2.71. The third-order valence-electron chi connectivity index (χ3n) is 2.47. The molecular formula is C13H13N2O2S. The van der Waals surface area contributed by atoms with Crippen molar-refractivity contribution >= 4 is 21.4 Å². The summed E-state index contributed by atoms with van der Waals surface area (Å²) in [5.74, 6) is 0. The molecule has 0 fully saturated rings. The van der Waals surface area contributed by atoms with Gasteiger partial charge >= 0.3 is 0 Å². The highest BCUT2D eigenvalue weighted by molar-refractivity contribution is 7.92. The number of hydrogen-bond donors (Lipinski definition) is 1. The molecule has 18 heavy (non-hydrogen) atoms. The molecule has 1 radical (unpaired) electrons. The Labute approximate surface area is 107 Å². The second kappa shape index (κ2) is 4.70. The van der Waals surface area contributed by atoms with Gasteiger partial charge in [0.1, 0.15) is 0 Å². The summed E-state index contributed by atoms with van der Waals surface area (Å²) < 4.78 is 26.5. The maximum Gasteiger partial charge on any atom is 0.261 e. The Balaban J connectivity index is 2.27. The topological polar surface area (TPSA) is 70.0 Å². The number of aryl methyl sites for hydroxylation is 1. The molecule has 0 heterocycles. The molecular weight excluding hydrogens is 248 g/mol. The van der Waals surface area contributed by atoms with Gasteiger partial charge in [0.05, 0.1) is 10.6 Å². The zero-order valence-electron chi connectivity index (χ0n) is 9.84. The minimum atomic E-state index is -3.55. The van der Waals surface area contributed by atoms with Crippen LogP contribution in [-0.2, 0) is 10.0 Å². The molecule has 0 atom stereocenters. The van der Waals surface area contributed by atoms with Gasteiger partial charge in [-0.15, -0.1) is 0 Å². The van der Waals surface area contributed by atoms with E-state index in [0.29, 0.717) is 11.4 Å². The van der Waals surface area contributed by atoms with Crippen LogP contribution in [0.2, 0.25) is 0 Å². The Morgan fingerprint density at radius 1 is 0.944 bits per heavy atom. The quantitative estimate of drug-likeness (QED) is 0.922. The maximum atomic E-state index is 12.0. The van der Waals surface area contributed by atoms with Gasteiger partial charge in [-0.05, 0) is 43.3 Å². The van der Waals surface area contributed by atoms with E-state index in [0.717, 1.165) is 5.56 Å². The lowest BCUT2D eigenvalue weighted by Crippen LogP contribution is -2.12. The van der Waals surface area contributed by atoms with Crippen molar-refractivity contribution in [2.24, 2.45) is 0 Å². The van der Waals surface area contributed by atoms with Crippen molar-refractivity contribution in [3.63, 3.8) is 0 Å². The minimum absolute atomic E-state index is 0.225. The highest BCUT2D eigenvalue weighted by atomic mass is 32.2. The number of nitrogens with one attached hydrogen (secondary N) is 2. The average molecular weight is 261 g/mol. The van der Waals surface area contributed by atoms with Crippen LogP contribution in [0, 0.1) is 6.92 Å². The molecule has 0 spiro atoms. The van der Waals surface area contributed by atoms with Crippen molar-refractivity contribution in [3.05, 3.63) is 54.1 Å². The fourth-order valence-electron chi connectivity index (χ4n) is 1.47. The number of sulfonamides is 1. The molecule has 4 nitrogen and oxygen atoms in total. The molecule has 5 heteroatoms. The predicted molar refractivity (Wildman–Crippen MR) is 71.2 cm³/mol. The summed E-state index contributed by atoms with van der Waals surface area (Å²) in [5, 5.41) is 0. The van der Waals surface area contributed by atoms with Crippen LogP contribution < -0.4 is 10.5 Å². The van der Waals surface area contributed by atoms with E-state index in [-0.39, 0.29) is 4.90 Å². The van der Waals surface area contributed by atoms with E-state index in [9.17, 15) is 8.42 Å². The molecule has 0 saturated heterocycles. The molecule has 2 aromatic rings. The Hall–Kier alpha value is -2.01. The first-order valence-corrected chi connectivity index (χ1v) is 6.87. The van der Waals surface area contributed by atoms with Gasteiger partial charge in [-0.1, -0.05) is 17.7 Å². The van der Waals surface area contributed by atoms with Gasteiger partial charge in [0, 0.05) is 5.69 Å². The molecule has 0 unspecified atom stereocenters. The largest absolute Gasteiger partial charge is 0.301 e. The molecule has 2 aromatic carbocycles. The summed E-state index contributed by atoms with van der Waals surface area (Å²) in [6, 6.07) is 12.8. The van der Waals surface area contributed by atoms with Crippen LogP contribution in [0.4, 0.5) is 11.4 Å². The van der Waals surface area contributed by atoms with Crippen molar-refractivity contribution in [3.8, 4) is 0 Å². The van der Waals surface area contributed by atoms with Gasteiger partial charge in [-0.2, -0.15) is 0 Å². The molecule has 0 aliphatic heterocycles. The zero-order chi connectivity index (χ0) is 13.2. The van der Waals surface area contributed by atoms with Gasteiger partial charge in [0.25, 0.3) is 10.0 Å². The van der Waals surface area contributed by atoms with Crippen LogP contribution >= 0.6 is 0 Å². The monoisotopic (exact) mass is 261 g/mol. The molecule has 2 rings (SSSR count). The summed E-state index contributed by atoms with van der Waals surface area (Å²) in [7, 11) is -3.55. The fraction of sp³-hybridized carbons (Fsp3) is 0.0769. The highest BCUT2D eigenvalue weighted by Gasteiger charge is 2.13. The van der Waals surface area contributed by atoms with E-state index in [2.05, 4.69) is 4.72 Å². The third-order valence-corrected chi connectivity index (χ3v) is 3.87. The summed E-state index contributed by atoms with van der Waals surface area (Å²) in [5.41, 5.74) is 9.13. The lowest BCUT2D eigenvalue weighted by Gasteiger charge is -2.08. The van der Waals surface area contributed by atoms with Crippen LogP contribution in [0.1, 0.15) is 5.56 Å². The Kier molecular flexibility index (Phi) is 3.25. The van der Waals surface area contributed by atoms with E-state index < -0.39 is 10.0 Å². The Bertz CT molecular complexity index is 632. The van der Waals surface area contributed by atoms with Gasteiger partial charge < -0.3 is 5.73 Å². The second-order valence-electron chi connectivity index (χ2n) is 4.00. The van der Waals surface area contributed by atoms with E-state index in [4.69, 9.17) is 5.73 Å². The Morgan fingerprint density at radius 2 is 1.50 bits per heavy atom. The maximum absolute atomic E-state index is 12.0. The van der Waals surface area contributed by atoms with E-state index in [1.54, 1.807) is 36.4 Å². The number of anilines is 1. The molecule has 0 aliphatic rings. The van der Waals surface area contributed by atoms with Crippen LogP contribution in [0.5, 0.6) is 0 Å². The Morgan fingerprint density at radius 3 is 2.06 bits per heavy atom. The van der Waals surface area contributed by atoms with Crippen LogP contribution in [-0.4, -0.2) is 8.42 Å². The lowest BCUT2D eigenvalue weighted by molar-refractivity contribution is 0.601. The van der Waals surface area contributed by atoms with Gasteiger partial charge in [-0.25, -0.2) is 8.42 Å². The molecule has 0 aliphatic carbocycles. The normalized spacial score (nSPS) is 11.2. The number of benzene rings is 2. The first kappa shape index (κ1) is 12.4. The molecule has 0 amide bonds. The molecule has 0 bridgehead atoms. The van der Waals surface area contributed by atoms with E-state index in [1.807, 2.05) is 6.92 Å². The average Bonchev–Trinajstić information content (AvgIpc) is 2.32. The first-order valence-electron chi connectivity index (χ1n) is 5.38. The van der Waals surface area contributed by atoms with Gasteiger partial charge in [0.2, 0.25) is 0 Å². The summed E-state index contributed by atoms with van der Waals surface area (Å²) in [6.07, 6.45) is 0. The van der Waals surface area contributed by atoms with Gasteiger partial charge in [0.15, 0.2) is 0 Å². The van der Waals surface area contributed by atoms with Crippen molar-refractivity contribution < 1.29 is 8.42 Å². The highest BCUT2D eigenvalue weighted by Crippen LogP contribution is 2.17. The summed E-state index contributed by atoms with van der Waals surface area (Å²) >= 11 is 0. The van der Waals surface area contributed by atoms with Crippen LogP contribution in [0.25, 0.3) is 0 Å². The molecule has 0 saturated carbocycles. The standard InChI is InChI=1S/C13H13N2O2S/c1-10-2-8-13(9-3-10)18(16,17)15-12-6-4-11(14)5-7-12/h2-9,14-15H,1H3. The third kappa shape index (κ3) is 2.81. The van der Waals surface area contributed by atoms with Crippen LogP contribution in [0.15, 0.2) is 53.4 Å². The molecule has 2 N–H and O–H groups in total. The van der Waals surface area contributed by atoms with Crippen molar-refractivity contribution in [2.75, 3.05) is 4.72 Å². The lowest BCUT2D eigenvalue weighted by atomic mass is 10.2. The molecule has 93 valence electrons. The van der Waals surface area contributed by atoms with Crippen molar-refractivity contribution in [2.45, 2.75) is 11.8 Å². The second-order valence-corrected chi connectivity index (χ2v) is 5.68. The van der Waals surface area contributed by atoms with Crippen molar-refractivity contribution in [1.29, 1.82) is 0 Å². The summed E-state index contributed by atoms with van der Waals surface area (Å²) in [6.45, 7) is 1.90. The number of rotatable bonds is 3. The summed E-state index contributed by atoms with van der Waals surface area (Å²) in [4.78, 5) is 0.225.